The predicted molar refractivity (Wildman–Crippen MR) is 369 cm³/mol. The zero-order chi connectivity index (χ0) is 59.6. The molecule has 0 unspecified atom stereocenters. The first kappa shape index (κ1) is 56.9. The van der Waals surface area contributed by atoms with Gasteiger partial charge in [-0.15, -0.1) is 0 Å². The van der Waals surface area contributed by atoms with Crippen molar-refractivity contribution >= 4 is 69.6 Å². The number of hydrogen-bond acceptors (Lipinski definition) is 8. The molecule has 1 N–H and O–H groups in total. The SMILES string of the molecule is Brc1ccc(-c2cc(-c3ccccc3)nc(-c3cccc(-c4cccc5c4[nH]c4ccccc45)c3)n2)cc1.Brc1ccc(-c2nc(-c3ccccc3)nc(-c3ccccc3)n2)cc1.Brc1ccc(-c2nc(-c3ccccc3)nc(-c3ccccc3)n2)cc1. The molecule has 0 amide bonds. The summed E-state index contributed by atoms with van der Waals surface area (Å²) in [6.45, 7) is 0. The summed E-state index contributed by atoms with van der Waals surface area (Å²) in [4.78, 5) is 41.8. The topological polar surface area (TPSA) is 119 Å². The van der Waals surface area contributed by atoms with E-state index < -0.39 is 0 Å². The molecule has 0 saturated carbocycles. The van der Waals surface area contributed by atoms with E-state index in [1.54, 1.807) is 0 Å². The zero-order valence-electron chi connectivity index (χ0n) is 47.0. The lowest BCUT2D eigenvalue weighted by atomic mass is 9.99. The van der Waals surface area contributed by atoms with Crippen LogP contribution in [0.25, 0.3) is 135 Å². The van der Waals surface area contributed by atoms with Crippen molar-refractivity contribution < 1.29 is 0 Å². The normalized spacial score (nSPS) is 10.9. The minimum atomic E-state index is 0.667. The van der Waals surface area contributed by atoms with Gasteiger partial charge in [0.15, 0.2) is 40.8 Å². The Kier molecular flexibility index (Phi) is 17.2. The summed E-state index contributed by atoms with van der Waals surface area (Å²) in [5.74, 6) is 4.73. The minimum absolute atomic E-state index is 0.667. The summed E-state index contributed by atoms with van der Waals surface area (Å²) in [5.41, 5.74) is 15.3. The number of fused-ring (bicyclic) bond motifs is 3. The van der Waals surface area contributed by atoms with E-state index in [2.05, 4.69) is 160 Å². The van der Waals surface area contributed by atoms with Crippen molar-refractivity contribution in [1.82, 2.24) is 44.9 Å². The van der Waals surface area contributed by atoms with E-state index in [9.17, 15) is 0 Å². The lowest BCUT2D eigenvalue weighted by molar-refractivity contribution is 1.07. The number of aromatic amines is 1. The molecule has 0 aliphatic rings. The fourth-order valence-electron chi connectivity index (χ4n) is 10.1. The van der Waals surface area contributed by atoms with E-state index in [0.717, 1.165) is 97.0 Å². The Labute approximate surface area is 534 Å². The average Bonchev–Trinajstić information content (AvgIpc) is 4.15. The number of halogens is 3. The van der Waals surface area contributed by atoms with Crippen LogP contribution in [0.1, 0.15) is 0 Å². The second kappa shape index (κ2) is 26.6. The average molecular weight is 1330 g/mol. The Morgan fingerprint density at radius 3 is 0.932 bits per heavy atom. The third-order valence-electron chi connectivity index (χ3n) is 14.5. The molecule has 420 valence electrons. The molecule has 15 rings (SSSR count). The maximum Gasteiger partial charge on any atom is 0.164 e. The Morgan fingerprint density at radius 1 is 0.216 bits per heavy atom. The highest BCUT2D eigenvalue weighted by molar-refractivity contribution is 9.11. The summed E-state index contributed by atoms with van der Waals surface area (Å²) in [6, 6.07) is 99.9. The Bertz CT molecular complexity index is 4560. The summed E-state index contributed by atoms with van der Waals surface area (Å²) < 4.78 is 3.09. The van der Waals surface area contributed by atoms with Crippen molar-refractivity contribution in [2.45, 2.75) is 0 Å². The number of nitrogens with zero attached hydrogens (tertiary/aromatic N) is 8. The van der Waals surface area contributed by atoms with Crippen LogP contribution in [0, 0.1) is 0 Å². The highest BCUT2D eigenvalue weighted by Crippen LogP contribution is 2.36. The van der Waals surface area contributed by atoms with Crippen LogP contribution in [0.15, 0.2) is 311 Å². The molecule has 4 aromatic heterocycles. The van der Waals surface area contributed by atoms with Crippen molar-refractivity contribution in [3.05, 3.63) is 311 Å². The monoisotopic (exact) mass is 1330 g/mol. The van der Waals surface area contributed by atoms with Gasteiger partial charge in [0.05, 0.1) is 16.9 Å². The van der Waals surface area contributed by atoms with Gasteiger partial charge >= 0.3 is 0 Å². The molecule has 9 nitrogen and oxygen atoms in total. The van der Waals surface area contributed by atoms with Crippen LogP contribution in [0.4, 0.5) is 0 Å². The second-order valence-corrected chi connectivity index (χ2v) is 23.2. The van der Waals surface area contributed by atoms with Gasteiger partial charge in [0.1, 0.15) is 0 Å². The first-order chi connectivity index (χ1) is 43.3. The van der Waals surface area contributed by atoms with Gasteiger partial charge in [0.25, 0.3) is 0 Å². The van der Waals surface area contributed by atoms with E-state index in [-0.39, 0.29) is 0 Å². The van der Waals surface area contributed by atoms with Gasteiger partial charge < -0.3 is 4.98 Å². The molecule has 0 aliphatic heterocycles. The molecule has 0 fully saturated rings. The van der Waals surface area contributed by atoms with Gasteiger partial charge in [0.2, 0.25) is 0 Å². The van der Waals surface area contributed by atoms with Crippen LogP contribution in [-0.4, -0.2) is 44.9 Å². The van der Waals surface area contributed by atoms with Gasteiger partial charge in [-0.2, -0.15) is 0 Å². The van der Waals surface area contributed by atoms with Gasteiger partial charge in [-0.3, -0.25) is 0 Å². The summed E-state index contributed by atoms with van der Waals surface area (Å²) in [5, 5.41) is 2.46. The fourth-order valence-corrected chi connectivity index (χ4v) is 10.9. The van der Waals surface area contributed by atoms with Crippen LogP contribution in [-0.2, 0) is 0 Å². The molecule has 0 atom stereocenters. The smallest absolute Gasteiger partial charge is 0.164 e. The van der Waals surface area contributed by atoms with Crippen LogP contribution in [0.2, 0.25) is 0 Å². The molecular formula is C76H50Br3N9. The molecule has 12 heteroatoms. The number of benzene rings is 11. The van der Waals surface area contributed by atoms with Crippen LogP contribution < -0.4 is 0 Å². The van der Waals surface area contributed by atoms with Gasteiger partial charge in [-0.25, -0.2) is 39.9 Å². The van der Waals surface area contributed by atoms with Crippen molar-refractivity contribution in [2.24, 2.45) is 0 Å². The summed E-state index contributed by atoms with van der Waals surface area (Å²) in [7, 11) is 0. The zero-order valence-corrected chi connectivity index (χ0v) is 51.8. The molecule has 0 saturated heterocycles. The second-order valence-electron chi connectivity index (χ2n) is 20.4. The Hall–Kier alpha value is -10.2. The molecule has 0 radical (unpaired) electrons. The lowest BCUT2D eigenvalue weighted by Gasteiger charge is -2.11. The van der Waals surface area contributed by atoms with Crippen molar-refractivity contribution in [3.63, 3.8) is 0 Å². The molecule has 0 spiro atoms. The maximum atomic E-state index is 5.03. The molecule has 15 aromatic rings. The number of H-pyrrole nitrogens is 1. The molecular weight excluding hydrogens is 1280 g/mol. The highest BCUT2D eigenvalue weighted by atomic mass is 79.9. The number of nitrogens with one attached hydrogen (secondary N) is 1. The first-order valence-corrected chi connectivity index (χ1v) is 30.8. The molecule has 0 aliphatic carbocycles. The van der Waals surface area contributed by atoms with E-state index >= 15 is 0 Å². The highest BCUT2D eigenvalue weighted by Gasteiger charge is 2.17. The Morgan fingerprint density at radius 2 is 0.511 bits per heavy atom. The van der Waals surface area contributed by atoms with Gasteiger partial charge in [0, 0.05) is 85.3 Å². The van der Waals surface area contributed by atoms with Crippen LogP contribution in [0.3, 0.4) is 0 Å². The van der Waals surface area contributed by atoms with E-state index in [0.29, 0.717) is 40.8 Å². The maximum absolute atomic E-state index is 5.03. The summed E-state index contributed by atoms with van der Waals surface area (Å²) >= 11 is 10.5. The molecule has 4 heterocycles. The van der Waals surface area contributed by atoms with E-state index in [1.165, 1.54) is 10.8 Å². The van der Waals surface area contributed by atoms with Crippen molar-refractivity contribution in [3.8, 4) is 113 Å². The third kappa shape index (κ3) is 13.3. The predicted octanol–water partition coefficient (Wildman–Crippen LogP) is 20.8. The van der Waals surface area contributed by atoms with Gasteiger partial charge in [-0.1, -0.05) is 290 Å². The fraction of sp³-hybridized carbons (Fsp3) is 0. The molecule has 11 aromatic carbocycles. The minimum Gasteiger partial charge on any atom is -0.354 e. The Balaban J connectivity index is 0.000000126. The van der Waals surface area contributed by atoms with Gasteiger partial charge in [-0.05, 0) is 60.2 Å². The van der Waals surface area contributed by atoms with Crippen LogP contribution in [0.5, 0.6) is 0 Å². The number of aromatic nitrogens is 9. The lowest BCUT2D eigenvalue weighted by Crippen LogP contribution is -1.99. The number of rotatable bonds is 10. The largest absolute Gasteiger partial charge is 0.354 e. The summed E-state index contributed by atoms with van der Waals surface area (Å²) in [6.07, 6.45) is 0. The van der Waals surface area contributed by atoms with E-state index in [4.69, 9.17) is 29.9 Å². The quantitative estimate of drug-likeness (QED) is 0.144. The molecule has 0 bridgehead atoms. The van der Waals surface area contributed by atoms with Crippen LogP contribution >= 0.6 is 47.8 Å². The van der Waals surface area contributed by atoms with E-state index in [1.807, 2.05) is 200 Å². The standard InChI is InChI=1S/C34H22BrN3.2C21H14BrN3/c35-26-18-16-23(17-19-26)32-21-31(22-8-2-1-3-9-22)37-34(38-32)25-11-6-10-24(20-25)27-13-7-14-29-28-12-4-5-15-30(28)36-33(27)29;2*22-18-13-11-17(12-14-18)21-24-19(15-7-3-1-4-8-15)23-20(25-21)16-9-5-2-6-10-16/h1-21,36H;2*1-14H. The number of hydrogen-bond donors (Lipinski definition) is 1. The number of para-hydroxylation sites is 2. The third-order valence-corrected chi connectivity index (χ3v) is 16.1. The molecule has 88 heavy (non-hydrogen) atoms. The first-order valence-electron chi connectivity index (χ1n) is 28.4. The van der Waals surface area contributed by atoms with Crippen molar-refractivity contribution in [1.29, 1.82) is 0 Å². The van der Waals surface area contributed by atoms with Crippen molar-refractivity contribution in [2.75, 3.05) is 0 Å².